The molecule has 0 aliphatic rings. The Bertz CT molecular complexity index is 595. The second-order valence-electron chi connectivity index (χ2n) is 3.43. The minimum Gasteiger partial charge on any atom is -0.355 e. The molecule has 0 unspecified atom stereocenters. The highest BCUT2D eigenvalue weighted by molar-refractivity contribution is 7.08. The Morgan fingerprint density at radius 3 is 2.87 bits per heavy atom. The second-order valence-corrected chi connectivity index (χ2v) is 4.21. The topological polar surface area (TPSA) is 15.8 Å². The Morgan fingerprint density at radius 1 is 1.13 bits per heavy atom. The lowest BCUT2D eigenvalue weighted by atomic mass is 10.2. The van der Waals surface area contributed by atoms with Crippen LogP contribution in [0.5, 0.6) is 0 Å². The molecule has 2 aromatic heterocycles. The summed E-state index contributed by atoms with van der Waals surface area (Å²) in [6.45, 7) is 0. The molecule has 0 fully saturated rings. The average Bonchev–Trinajstić information content (AvgIpc) is 2.84. The molecule has 0 spiro atoms. The number of thiophene rings is 1. The maximum Gasteiger partial charge on any atom is 0.123 e. The smallest absolute Gasteiger partial charge is 0.123 e. The summed E-state index contributed by atoms with van der Waals surface area (Å²) in [6.07, 6.45) is 0. The second kappa shape index (κ2) is 3.21. The number of halogens is 1. The number of hydrogen-bond acceptors (Lipinski definition) is 1. The normalized spacial score (nSPS) is 11.0. The van der Waals surface area contributed by atoms with Crippen LogP contribution in [-0.4, -0.2) is 4.98 Å². The molecule has 3 rings (SSSR count). The Balaban J connectivity index is 2.22. The number of H-pyrrole nitrogens is 1. The van der Waals surface area contributed by atoms with Crippen LogP contribution in [0.15, 0.2) is 41.1 Å². The fraction of sp³-hybridized carbons (Fsp3) is 0. The van der Waals surface area contributed by atoms with Crippen LogP contribution in [0, 0.1) is 5.82 Å². The molecule has 0 amide bonds. The summed E-state index contributed by atoms with van der Waals surface area (Å²) in [6, 6.07) is 8.80. The van der Waals surface area contributed by atoms with E-state index in [2.05, 4.69) is 10.4 Å². The molecular formula is C12H8FNS. The number of aromatic nitrogens is 1. The van der Waals surface area contributed by atoms with Gasteiger partial charge in [0.15, 0.2) is 0 Å². The molecule has 0 aliphatic carbocycles. The van der Waals surface area contributed by atoms with Gasteiger partial charge in [-0.15, -0.1) is 0 Å². The van der Waals surface area contributed by atoms with Crippen molar-refractivity contribution in [3.63, 3.8) is 0 Å². The molecule has 0 saturated heterocycles. The predicted octanol–water partition coefficient (Wildman–Crippen LogP) is 4.04. The first kappa shape index (κ1) is 8.68. The highest BCUT2D eigenvalue weighted by atomic mass is 32.1. The van der Waals surface area contributed by atoms with E-state index in [0.717, 1.165) is 22.2 Å². The number of benzene rings is 1. The van der Waals surface area contributed by atoms with Gasteiger partial charge in [0.1, 0.15) is 5.82 Å². The zero-order valence-electron chi connectivity index (χ0n) is 7.83. The number of rotatable bonds is 1. The van der Waals surface area contributed by atoms with Crippen LogP contribution in [0.2, 0.25) is 0 Å². The van der Waals surface area contributed by atoms with Crippen LogP contribution in [0.1, 0.15) is 0 Å². The van der Waals surface area contributed by atoms with Crippen LogP contribution >= 0.6 is 11.3 Å². The molecule has 15 heavy (non-hydrogen) atoms. The third-order valence-corrected chi connectivity index (χ3v) is 3.10. The molecule has 0 saturated carbocycles. The number of hydrogen-bond donors (Lipinski definition) is 1. The SMILES string of the molecule is Fc1ccc2[nH]c(-c3ccsc3)cc2c1. The molecule has 3 heteroatoms. The lowest BCUT2D eigenvalue weighted by molar-refractivity contribution is 0.630. The number of fused-ring (bicyclic) bond motifs is 1. The van der Waals surface area contributed by atoms with E-state index in [9.17, 15) is 4.39 Å². The standard InChI is InChI=1S/C12H8FNS/c13-10-1-2-11-9(5-10)6-12(14-11)8-3-4-15-7-8/h1-7,14H. The summed E-state index contributed by atoms with van der Waals surface area (Å²) in [5.74, 6) is -0.196. The Hall–Kier alpha value is -1.61. The van der Waals surface area contributed by atoms with Gasteiger partial charge in [0, 0.05) is 27.5 Å². The zero-order valence-corrected chi connectivity index (χ0v) is 8.64. The van der Waals surface area contributed by atoms with Gasteiger partial charge in [-0.2, -0.15) is 11.3 Å². The van der Waals surface area contributed by atoms with Crippen molar-refractivity contribution in [2.24, 2.45) is 0 Å². The van der Waals surface area contributed by atoms with Crippen molar-refractivity contribution in [1.82, 2.24) is 4.98 Å². The van der Waals surface area contributed by atoms with Gasteiger partial charge in [-0.1, -0.05) is 0 Å². The van der Waals surface area contributed by atoms with Crippen LogP contribution in [0.3, 0.4) is 0 Å². The minimum atomic E-state index is -0.196. The average molecular weight is 217 g/mol. The van der Waals surface area contributed by atoms with Gasteiger partial charge < -0.3 is 4.98 Å². The van der Waals surface area contributed by atoms with E-state index in [4.69, 9.17) is 0 Å². The highest BCUT2D eigenvalue weighted by Crippen LogP contribution is 2.26. The summed E-state index contributed by atoms with van der Waals surface area (Å²) in [7, 11) is 0. The van der Waals surface area contributed by atoms with E-state index in [1.165, 1.54) is 6.07 Å². The third-order valence-electron chi connectivity index (χ3n) is 2.41. The summed E-state index contributed by atoms with van der Waals surface area (Å²) >= 11 is 1.65. The molecule has 0 atom stereocenters. The van der Waals surface area contributed by atoms with Crippen molar-refractivity contribution in [2.75, 3.05) is 0 Å². The number of nitrogens with one attached hydrogen (secondary N) is 1. The Labute approximate surface area is 90.2 Å². The quantitative estimate of drug-likeness (QED) is 0.633. The first-order chi connectivity index (χ1) is 7.33. The monoisotopic (exact) mass is 217 g/mol. The lowest BCUT2D eigenvalue weighted by Gasteiger charge is -1.89. The van der Waals surface area contributed by atoms with Crippen LogP contribution in [-0.2, 0) is 0 Å². The summed E-state index contributed by atoms with van der Waals surface area (Å²) < 4.78 is 13.0. The molecule has 3 aromatic rings. The zero-order chi connectivity index (χ0) is 10.3. The minimum absolute atomic E-state index is 0.196. The molecule has 0 bridgehead atoms. The van der Waals surface area contributed by atoms with Gasteiger partial charge >= 0.3 is 0 Å². The summed E-state index contributed by atoms with van der Waals surface area (Å²) in [4.78, 5) is 3.27. The first-order valence-electron chi connectivity index (χ1n) is 4.64. The van der Waals surface area contributed by atoms with E-state index in [1.807, 2.05) is 17.5 Å². The van der Waals surface area contributed by atoms with Gasteiger partial charge in [0.05, 0.1) is 0 Å². The molecule has 0 radical (unpaired) electrons. The Kier molecular flexibility index (Phi) is 1.86. The Morgan fingerprint density at radius 2 is 2.07 bits per heavy atom. The van der Waals surface area contributed by atoms with Crippen molar-refractivity contribution in [3.05, 3.63) is 46.9 Å². The van der Waals surface area contributed by atoms with E-state index < -0.39 is 0 Å². The highest BCUT2D eigenvalue weighted by Gasteiger charge is 2.03. The van der Waals surface area contributed by atoms with E-state index in [0.29, 0.717) is 0 Å². The maximum atomic E-state index is 13.0. The van der Waals surface area contributed by atoms with Crippen LogP contribution in [0.25, 0.3) is 22.2 Å². The van der Waals surface area contributed by atoms with Gasteiger partial charge in [0.25, 0.3) is 0 Å². The van der Waals surface area contributed by atoms with E-state index >= 15 is 0 Å². The molecule has 74 valence electrons. The molecule has 1 nitrogen and oxygen atoms in total. The molecule has 0 aliphatic heterocycles. The molecule has 1 aromatic carbocycles. The fourth-order valence-electron chi connectivity index (χ4n) is 1.68. The maximum absolute atomic E-state index is 13.0. The van der Waals surface area contributed by atoms with Crippen molar-refractivity contribution in [3.8, 4) is 11.3 Å². The van der Waals surface area contributed by atoms with Crippen molar-refractivity contribution in [2.45, 2.75) is 0 Å². The van der Waals surface area contributed by atoms with Gasteiger partial charge in [-0.3, -0.25) is 0 Å². The van der Waals surface area contributed by atoms with Crippen LogP contribution in [0.4, 0.5) is 4.39 Å². The fourth-order valence-corrected chi connectivity index (χ4v) is 2.33. The van der Waals surface area contributed by atoms with E-state index in [1.54, 1.807) is 23.5 Å². The molecule has 1 N–H and O–H groups in total. The van der Waals surface area contributed by atoms with Gasteiger partial charge in [-0.05, 0) is 35.7 Å². The van der Waals surface area contributed by atoms with Crippen molar-refractivity contribution in [1.29, 1.82) is 0 Å². The number of aromatic amines is 1. The summed E-state index contributed by atoms with van der Waals surface area (Å²) in [5, 5.41) is 5.01. The molecule has 2 heterocycles. The molecular weight excluding hydrogens is 209 g/mol. The van der Waals surface area contributed by atoms with Crippen LogP contribution < -0.4 is 0 Å². The third kappa shape index (κ3) is 1.45. The summed E-state index contributed by atoms with van der Waals surface area (Å²) in [5.41, 5.74) is 3.16. The van der Waals surface area contributed by atoms with E-state index in [-0.39, 0.29) is 5.82 Å². The first-order valence-corrected chi connectivity index (χ1v) is 5.58. The van der Waals surface area contributed by atoms with Crippen molar-refractivity contribution < 1.29 is 4.39 Å². The largest absolute Gasteiger partial charge is 0.355 e. The van der Waals surface area contributed by atoms with Crippen molar-refractivity contribution >= 4 is 22.2 Å². The van der Waals surface area contributed by atoms with Gasteiger partial charge in [-0.25, -0.2) is 4.39 Å². The lowest BCUT2D eigenvalue weighted by Crippen LogP contribution is -1.72. The predicted molar refractivity (Wildman–Crippen MR) is 61.6 cm³/mol. The van der Waals surface area contributed by atoms with Gasteiger partial charge in [0.2, 0.25) is 0 Å².